The van der Waals surface area contributed by atoms with E-state index >= 15 is 0 Å². The smallest absolute Gasteiger partial charge is 0.231 e. The zero-order valence-electron chi connectivity index (χ0n) is 7.80. The molecule has 0 aliphatic heterocycles. The van der Waals surface area contributed by atoms with Crippen molar-refractivity contribution in [2.24, 2.45) is 0 Å². The summed E-state index contributed by atoms with van der Waals surface area (Å²) in [7, 11) is 0. The molecule has 1 aromatic carbocycles. The Balaban J connectivity index is 2.51. The van der Waals surface area contributed by atoms with Crippen LogP contribution in [0.15, 0.2) is 28.7 Å². The number of rotatable bonds is 4. The molecule has 0 aliphatic rings. The van der Waals surface area contributed by atoms with E-state index in [0.717, 1.165) is 4.47 Å². The molecule has 0 atom stereocenters. The van der Waals surface area contributed by atoms with Gasteiger partial charge in [-0.1, -0.05) is 15.9 Å². The van der Waals surface area contributed by atoms with Crippen molar-refractivity contribution in [1.82, 2.24) is 0 Å². The van der Waals surface area contributed by atoms with Crippen LogP contribution in [0.1, 0.15) is 6.42 Å². The summed E-state index contributed by atoms with van der Waals surface area (Å²) < 4.78 is 12.7. The molecule has 0 heterocycles. The summed E-state index contributed by atoms with van der Waals surface area (Å²) in [5.74, 6) is -1.22. The average molecular weight is 274 g/mol. The maximum absolute atomic E-state index is 11.8. The highest BCUT2D eigenvalue weighted by Gasteiger charge is 2.08. The molecule has 0 radical (unpaired) electrons. The number of hydrogen-bond donors (Lipinski definition) is 1. The van der Waals surface area contributed by atoms with Crippen LogP contribution in [0.3, 0.4) is 0 Å². The number of carbonyl (C=O) groups excluding carboxylic acids is 2. The first-order chi connectivity index (χ1) is 7.11. The Morgan fingerprint density at radius 2 is 1.87 bits per heavy atom. The lowest BCUT2D eigenvalue weighted by Crippen LogP contribution is -2.17. The summed E-state index contributed by atoms with van der Waals surface area (Å²) in [4.78, 5) is 21.8. The first kappa shape index (κ1) is 11.8. The molecular weight excluding hydrogens is 265 g/mol. The van der Waals surface area contributed by atoms with Gasteiger partial charge in [-0.05, 0) is 24.3 Å². The largest absolute Gasteiger partial charge is 0.326 e. The third kappa shape index (κ3) is 4.20. The molecule has 5 heteroatoms. The molecule has 80 valence electrons. The van der Waals surface area contributed by atoms with E-state index in [0.29, 0.717) is 5.69 Å². The molecule has 15 heavy (non-hydrogen) atoms. The van der Waals surface area contributed by atoms with Crippen LogP contribution < -0.4 is 5.32 Å². The molecule has 1 amide bonds. The number of Topliss-reactive ketones (excluding diaryl/α,β-unsaturated/α-hetero) is 1. The lowest BCUT2D eigenvalue weighted by Gasteiger charge is -2.03. The van der Waals surface area contributed by atoms with Crippen LogP contribution in [0.4, 0.5) is 10.1 Å². The molecule has 0 saturated carbocycles. The molecule has 0 saturated heterocycles. The second kappa shape index (κ2) is 5.60. The van der Waals surface area contributed by atoms with Crippen LogP contribution in [0.5, 0.6) is 0 Å². The van der Waals surface area contributed by atoms with E-state index in [2.05, 4.69) is 21.2 Å². The maximum atomic E-state index is 11.8. The molecule has 1 rings (SSSR count). The van der Waals surface area contributed by atoms with Crippen molar-refractivity contribution in [1.29, 1.82) is 0 Å². The van der Waals surface area contributed by atoms with Crippen LogP contribution in [0, 0.1) is 0 Å². The number of hydrogen-bond acceptors (Lipinski definition) is 2. The minimum Gasteiger partial charge on any atom is -0.326 e. The second-order valence-corrected chi connectivity index (χ2v) is 3.82. The summed E-state index contributed by atoms with van der Waals surface area (Å²) in [6, 6.07) is 6.88. The fourth-order valence-corrected chi connectivity index (χ4v) is 1.23. The van der Waals surface area contributed by atoms with Gasteiger partial charge in [0, 0.05) is 10.2 Å². The first-order valence-electron chi connectivity index (χ1n) is 4.25. The van der Waals surface area contributed by atoms with E-state index in [1.165, 1.54) is 0 Å². The zero-order chi connectivity index (χ0) is 11.3. The number of carbonyl (C=O) groups is 2. The Hall–Kier alpha value is -1.23. The third-order valence-electron chi connectivity index (χ3n) is 1.63. The van der Waals surface area contributed by atoms with Gasteiger partial charge in [0.15, 0.2) is 5.78 Å². The van der Waals surface area contributed by atoms with Crippen molar-refractivity contribution in [3.8, 4) is 0 Å². The Kier molecular flexibility index (Phi) is 4.42. The normalized spacial score (nSPS) is 9.73. The molecule has 0 bridgehead atoms. The van der Waals surface area contributed by atoms with E-state index in [9.17, 15) is 14.0 Å². The number of anilines is 1. The fourth-order valence-electron chi connectivity index (χ4n) is 0.965. The van der Waals surface area contributed by atoms with Crippen molar-refractivity contribution in [3.05, 3.63) is 28.7 Å². The zero-order valence-corrected chi connectivity index (χ0v) is 9.38. The van der Waals surface area contributed by atoms with Gasteiger partial charge in [0.1, 0.15) is 6.67 Å². The van der Waals surface area contributed by atoms with Crippen LogP contribution in [-0.2, 0) is 9.59 Å². The van der Waals surface area contributed by atoms with Gasteiger partial charge in [-0.25, -0.2) is 4.39 Å². The average Bonchev–Trinajstić information content (AvgIpc) is 2.21. The molecule has 0 aliphatic carbocycles. The highest BCUT2D eigenvalue weighted by atomic mass is 79.9. The fraction of sp³-hybridized carbons (Fsp3) is 0.200. The van der Waals surface area contributed by atoms with Crippen LogP contribution in [0.2, 0.25) is 0 Å². The summed E-state index contributed by atoms with van der Waals surface area (Å²) in [5, 5.41) is 2.49. The SMILES string of the molecule is O=C(CF)CC(=O)Nc1ccc(Br)cc1. The van der Waals surface area contributed by atoms with E-state index in [4.69, 9.17) is 0 Å². The van der Waals surface area contributed by atoms with Crippen molar-refractivity contribution < 1.29 is 14.0 Å². The van der Waals surface area contributed by atoms with Gasteiger partial charge in [-0.15, -0.1) is 0 Å². The van der Waals surface area contributed by atoms with Gasteiger partial charge in [0.05, 0.1) is 6.42 Å². The van der Waals surface area contributed by atoms with Crippen LogP contribution in [-0.4, -0.2) is 18.4 Å². The standard InChI is InChI=1S/C10H9BrFNO2/c11-7-1-3-8(4-2-7)13-10(15)5-9(14)6-12/h1-4H,5-6H2,(H,13,15). The monoisotopic (exact) mass is 273 g/mol. The van der Waals surface area contributed by atoms with E-state index < -0.39 is 24.8 Å². The topological polar surface area (TPSA) is 46.2 Å². The molecule has 1 N–H and O–H groups in total. The molecule has 1 aromatic rings. The number of benzene rings is 1. The quantitative estimate of drug-likeness (QED) is 0.856. The first-order valence-corrected chi connectivity index (χ1v) is 5.04. The number of nitrogens with one attached hydrogen (secondary N) is 1. The number of ketones is 1. The predicted octanol–water partition coefficient (Wildman–Crippen LogP) is 2.32. The molecular formula is C10H9BrFNO2. The Bertz CT molecular complexity index is 364. The Labute approximate surface area is 94.8 Å². The molecule has 3 nitrogen and oxygen atoms in total. The van der Waals surface area contributed by atoms with E-state index in [1.54, 1.807) is 24.3 Å². The van der Waals surface area contributed by atoms with E-state index in [-0.39, 0.29) is 0 Å². The van der Waals surface area contributed by atoms with Gasteiger partial charge in [0.25, 0.3) is 0 Å². The Morgan fingerprint density at radius 3 is 2.40 bits per heavy atom. The predicted molar refractivity (Wildman–Crippen MR) is 58.4 cm³/mol. The maximum Gasteiger partial charge on any atom is 0.231 e. The lowest BCUT2D eigenvalue weighted by molar-refractivity contribution is -0.126. The molecule has 0 spiro atoms. The van der Waals surface area contributed by atoms with Crippen molar-refractivity contribution >= 4 is 33.3 Å². The summed E-state index contributed by atoms with van der Waals surface area (Å²) >= 11 is 3.25. The number of halogens is 2. The molecule has 0 fully saturated rings. The summed E-state index contributed by atoms with van der Waals surface area (Å²) in [5.41, 5.74) is 0.579. The minimum absolute atomic E-state index is 0.424. The third-order valence-corrected chi connectivity index (χ3v) is 2.16. The van der Waals surface area contributed by atoms with E-state index in [1.807, 2.05) is 0 Å². The van der Waals surface area contributed by atoms with Crippen molar-refractivity contribution in [2.75, 3.05) is 12.0 Å². The molecule has 0 unspecified atom stereocenters. The highest BCUT2D eigenvalue weighted by molar-refractivity contribution is 9.10. The van der Waals surface area contributed by atoms with Gasteiger partial charge >= 0.3 is 0 Å². The van der Waals surface area contributed by atoms with Crippen LogP contribution >= 0.6 is 15.9 Å². The lowest BCUT2D eigenvalue weighted by atomic mass is 10.2. The highest BCUT2D eigenvalue weighted by Crippen LogP contribution is 2.14. The van der Waals surface area contributed by atoms with Gasteiger partial charge < -0.3 is 5.32 Å². The summed E-state index contributed by atoms with van der Waals surface area (Å²) in [6.45, 7) is -1.10. The second-order valence-electron chi connectivity index (χ2n) is 2.90. The Morgan fingerprint density at radius 1 is 1.27 bits per heavy atom. The van der Waals surface area contributed by atoms with Gasteiger partial charge in [-0.2, -0.15) is 0 Å². The van der Waals surface area contributed by atoms with Gasteiger partial charge in [0.2, 0.25) is 5.91 Å². The molecule has 0 aromatic heterocycles. The van der Waals surface area contributed by atoms with Gasteiger partial charge in [-0.3, -0.25) is 9.59 Å². The summed E-state index contributed by atoms with van der Waals surface area (Å²) in [6.07, 6.45) is -0.424. The van der Waals surface area contributed by atoms with Crippen molar-refractivity contribution in [2.45, 2.75) is 6.42 Å². The number of amides is 1. The van der Waals surface area contributed by atoms with Crippen LogP contribution in [0.25, 0.3) is 0 Å². The number of alkyl halides is 1. The minimum atomic E-state index is -1.10. The van der Waals surface area contributed by atoms with Crippen molar-refractivity contribution in [3.63, 3.8) is 0 Å².